The molecule has 1 saturated heterocycles. The fraction of sp³-hybridized carbons (Fsp3) is 0.571. The van der Waals surface area contributed by atoms with E-state index in [9.17, 15) is 5.11 Å². The number of rotatable bonds is 3. The van der Waals surface area contributed by atoms with Crippen molar-refractivity contribution in [3.05, 3.63) is 33.8 Å². The van der Waals surface area contributed by atoms with Gasteiger partial charge in [0.25, 0.3) is 0 Å². The summed E-state index contributed by atoms with van der Waals surface area (Å²) in [6.45, 7) is 2.19. The highest BCUT2D eigenvalue weighted by atomic mass is 35.5. The fourth-order valence-corrected chi connectivity index (χ4v) is 3.02. The molecule has 3 atom stereocenters. The predicted molar refractivity (Wildman–Crippen MR) is 76.3 cm³/mol. The molecule has 0 spiro atoms. The van der Waals surface area contributed by atoms with E-state index in [1.165, 1.54) is 12.8 Å². The van der Waals surface area contributed by atoms with E-state index < -0.39 is 6.10 Å². The van der Waals surface area contributed by atoms with Crippen LogP contribution >= 0.6 is 23.2 Å². The normalized spacial score (nSPS) is 26.0. The van der Waals surface area contributed by atoms with Crippen molar-refractivity contribution in [2.24, 2.45) is 0 Å². The topological polar surface area (TPSA) is 32.3 Å². The van der Waals surface area contributed by atoms with Gasteiger partial charge in [-0.2, -0.15) is 0 Å². The van der Waals surface area contributed by atoms with Crippen molar-refractivity contribution in [1.29, 1.82) is 0 Å². The van der Waals surface area contributed by atoms with E-state index in [1.807, 2.05) is 0 Å². The molecular weight excluding hydrogens is 269 g/mol. The molecule has 1 fully saturated rings. The zero-order valence-electron chi connectivity index (χ0n) is 10.5. The quantitative estimate of drug-likeness (QED) is 0.882. The lowest BCUT2D eigenvalue weighted by atomic mass is 9.93. The van der Waals surface area contributed by atoms with Gasteiger partial charge >= 0.3 is 0 Å². The number of hydrogen-bond acceptors (Lipinski definition) is 2. The molecule has 3 unspecified atom stereocenters. The molecule has 0 amide bonds. The lowest BCUT2D eigenvalue weighted by Gasteiger charge is -2.30. The lowest BCUT2D eigenvalue weighted by molar-refractivity contribution is 0.139. The molecule has 2 rings (SSSR count). The van der Waals surface area contributed by atoms with E-state index in [0.717, 1.165) is 12.0 Å². The molecule has 1 aromatic rings. The van der Waals surface area contributed by atoms with Crippen LogP contribution in [0.25, 0.3) is 0 Å². The summed E-state index contributed by atoms with van der Waals surface area (Å²) in [6.07, 6.45) is 3.67. The monoisotopic (exact) mass is 287 g/mol. The number of aliphatic hydroxyl groups is 1. The molecule has 2 nitrogen and oxygen atoms in total. The summed E-state index contributed by atoms with van der Waals surface area (Å²) >= 11 is 12.0. The van der Waals surface area contributed by atoms with Crippen molar-refractivity contribution in [3.63, 3.8) is 0 Å². The predicted octanol–water partition coefficient (Wildman–Crippen LogP) is 3.95. The summed E-state index contributed by atoms with van der Waals surface area (Å²) in [5.74, 6) is 0. The average molecular weight is 288 g/mol. The van der Waals surface area contributed by atoms with Gasteiger partial charge in [0.05, 0.1) is 6.10 Å². The van der Waals surface area contributed by atoms with Crippen molar-refractivity contribution in [2.45, 2.75) is 50.8 Å². The first-order chi connectivity index (χ1) is 8.56. The first kappa shape index (κ1) is 14.1. The fourth-order valence-electron chi connectivity index (χ4n) is 2.59. The third kappa shape index (κ3) is 3.61. The van der Waals surface area contributed by atoms with Crippen LogP contribution in [-0.2, 0) is 0 Å². The van der Waals surface area contributed by atoms with Crippen molar-refractivity contribution < 1.29 is 5.11 Å². The van der Waals surface area contributed by atoms with Gasteiger partial charge in [0, 0.05) is 27.7 Å². The zero-order chi connectivity index (χ0) is 13.1. The molecule has 1 heterocycles. The molecule has 0 aliphatic carbocycles. The highest BCUT2D eigenvalue weighted by Gasteiger charge is 2.22. The molecule has 100 valence electrons. The van der Waals surface area contributed by atoms with Crippen LogP contribution in [0.4, 0.5) is 0 Å². The standard InChI is InChI=1S/C14H19Cl2NO/c1-9-3-2-4-11(17-9)8-14(18)12-7-10(15)5-6-13(12)16/h5-7,9,11,14,17-18H,2-4,8H2,1H3. The van der Waals surface area contributed by atoms with Crippen LogP contribution in [-0.4, -0.2) is 17.2 Å². The number of hydrogen-bond donors (Lipinski definition) is 2. The maximum Gasteiger partial charge on any atom is 0.0819 e. The van der Waals surface area contributed by atoms with E-state index in [2.05, 4.69) is 12.2 Å². The van der Waals surface area contributed by atoms with Crippen molar-refractivity contribution in [3.8, 4) is 0 Å². The van der Waals surface area contributed by atoms with Crippen LogP contribution in [0.3, 0.4) is 0 Å². The second-order valence-electron chi connectivity index (χ2n) is 5.11. The van der Waals surface area contributed by atoms with Crippen LogP contribution in [0.15, 0.2) is 18.2 Å². The smallest absolute Gasteiger partial charge is 0.0819 e. The Morgan fingerprint density at radius 3 is 2.89 bits per heavy atom. The van der Waals surface area contributed by atoms with E-state index in [-0.39, 0.29) is 0 Å². The molecule has 0 aromatic heterocycles. The molecule has 4 heteroatoms. The molecule has 1 aliphatic rings. The van der Waals surface area contributed by atoms with Crippen molar-refractivity contribution in [1.82, 2.24) is 5.32 Å². The first-order valence-corrected chi connectivity index (χ1v) is 7.21. The lowest BCUT2D eigenvalue weighted by Crippen LogP contribution is -2.41. The Bertz CT molecular complexity index is 411. The van der Waals surface area contributed by atoms with E-state index in [0.29, 0.717) is 28.5 Å². The molecule has 2 N–H and O–H groups in total. The van der Waals surface area contributed by atoms with Crippen LogP contribution in [0.1, 0.15) is 44.3 Å². The van der Waals surface area contributed by atoms with E-state index in [1.54, 1.807) is 18.2 Å². The Balaban J connectivity index is 2.02. The summed E-state index contributed by atoms with van der Waals surface area (Å²) in [4.78, 5) is 0. The van der Waals surface area contributed by atoms with Gasteiger partial charge in [0.1, 0.15) is 0 Å². The number of nitrogens with one attached hydrogen (secondary N) is 1. The van der Waals surface area contributed by atoms with Gasteiger partial charge < -0.3 is 10.4 Å². The highest BCUT2D eigenvalue weighted by molar-refractivity contribution is 6.33. The van der Waals surface area contributed by atoms with Gasteiger partial charge in [0.2, 0.25) is 0 Å². The molecule has 0 radical (unpaired) electrons. The minimum absolute atomic E-state index is 0.360. The average Bonchev–Trinajstić information content (AvgIpc) is 2.32. The van der Waals surface area contributed by atoms with E-state index >= 15 is 0 Å². The molecule has 1 aliphatic heterocycles. The molecule has 18 heavy (non-hydrogen) atoms. The summed E-state index contributed by atoms with van der Waals surface area (Å²) < 4.78 is 0. The minimum Gasteiger partial charge on any atom is -0.388 e. The van der Waals surface area contributed by atoms with Gasteiger partial charge in [-0.1, -0.05) is 29.6 Å². The van der Waals surface area contributed by atoms with Crippen molar-refractivity contribution >= 4 is 23.2 Å². The third-order valence-electron chi connectivity index (χ3n) is 3.53. The Kier molecular flexibility index (Phi) is 4.91. The van der Waals surface area contributed by atoms with Crippen LogP contribution in [0.5, 0.6) is 0 Å². The Labute approximate surface area is 118 Å². The molecule has 1 aromatic carbocycles. The third-order valence-corrected chi connectivity index (χ3v) is 4.11. The first-order valence-electron chi connectivity index (χ1n) is 6.45. The summed E-state index contributed by atoms with van der Waals surface area (Å²) in [7, 11) is 0. The van der Waals surface area contributed by atoms with Crippen molar-refractivity contribution in [2.75, 3.05) is 0 Å². The Hall–Kier alpha value is -0.280. The van der Waals surface area contributed by atoms with Gasteiger partial charge in [-0.25, -0.2) is 0 Å². The maximum absolute atomic E-state index is 10.3. The number of benzene rings is 1. The van der Waals surface area contributed by atoms with Gasteiger partial charge in [-0.05, 0) is 44.4 Å². The summed E-state index contributed by atoms with van der Waals surface area (Å²) in [5.41, 5.74) is 0.726. The number of halogens is 2. The van der Waals surface area contributed by atoms with Crippen LogP contribution in [0, 0.1) is 0 Å². The van der Waals surface area contributed by atoms with Gasteiger partial charge in [-0.3, -0.25) is 0 Å². The minimum atomic E-state index is -0.556. The second kappa shape index (κ2) is 6.25. The largest absolute Gasteiger partial charge is 0.388 e. The second-order valence-corrected chi connectivity index (χ2v) is 5.96. The summed E-state index contributed by atoms with van der Waals surface area (Å²) in [5, 5.41) is 15.0. The molecule has 0 bridgehead atoms. The Morgan fingerprint density at radius 2 is 2.17 bits per heavy atom. The number of aliphatic hydroxyl groups excluding tert-OH is 1. The maximum atomic E-state index is 10.3. The SMILES string of the molecule is CC1CCCC(CC(O)c2cc(Cl)ccc2Cl)N1. The van der Waals surface area contributed by atoms with Crippen LogP contribution in [0.2, 0.25) is 10.0 Å². The highest BCUT2D eigenvalue weighted by Crippen LogP contribution is 2.30. The summed E-state index contributed by atoms with van der Waals surface area (Å²) in [6, 6.07) is 6.12. The molecular formula is C14H19Cl2NO. The number of piperidine rings is 1. The zero-order valence-corrected chi connectivity index (χ0v) is 12.0. The van der Waals surface area contributed by atoms with E-state index in [4.69, 9.17) is 23.2 Å². The van der Waals surface area contributed by atoms with Crippen LogP contribution < -0.4 is 5.32 Å². The van der Waals surface area contributed by atoms with Gasteiger partial charge in [0.15, 0.2) is 0 Å². The Morgan fingerprint density at radius 1 is 1.39 bits per heavy atom. The van der Waals surface area contributed by atoms with Gasteiger partial charge in [-0.15, -0.1) is 0 Å². The molecule has 0 saturated carbocycles.